The van der Waals surface area contributed by atoms with Gasteiger partial charge in [0.05, 0.1) is 24.3 Å². The summed E-state index contributed by atoms with van der Waals surface area (Å²) in [5, 5.41) is 16.9. The van der Waals surface area contributed by atoms with Gasteiger partial charge in [-0.25, -0.2) is 9.59 Å². The minimum absolute atomic E-state index is 0.0833. The first-order valence-electron chi connectivity index (χ1n) is 10.2. The molecule has 0 aliphatic heterocycles. The molecule has 0 saturated heterocycles. The molecule has 0 atom stereocenters. The smallest absolute Gasteiger partial charge is 0.335 e. The van der Waals surface area contributed by atoms with E-state index < -0.39 is 11.9 Å². The summed E-state index contributed by atoms with van der Waals surface area (Å²) in [5.41, 5.74) is 0.167. The molecule has 168 valence electrons. The maximum absolute atomic E-state index is 11.2. The molecule has 0 radical (unpaired) electrons. The Labute approximate surface area is 177 Å². The van der Waals surface area contributed by atoms with Crippen LogP contribution in [0.4, 0.5) is 0 Å². The van der Waals surface area contributed by atoms with Crippen LogP contribution in [0.1, 0.15) is 85.9 Å². The highest BCUT2D eigenvalue weighted by molar-refractivity contribution is 5.91. The Kier molecular flexibility index (Phi) is 15.4. The largest absolute Gasteiger partial charge is 0.478 e. The number of carboxylic acid groups (broad SMARTS) is 2. The molecule has 0 aromatic heterocycles. The summed E-state index contributed by atoms with van der Waals surface area (Å²) in [6.45, 7) is 5.12. The fourth-order valence-corrected chi connectivity index (χ4v) is 2.10. The van der Waals surface area contributed by atoms with E-state index in [-0.39, 0.29) is 23.1 Å². The minimum Gasteiger partial charge on any atom is -0.478 e. The zero-order valence-electron chi connectivity index (χ0n) is 17.7. The van der Waals surface area contributed by atoms with Crippen molar-refractivity contribution in [1.82, 2.24) is 0 Å². The van der Waals surface area contributed by atoms with Gasteiger partial charge in [-0.2, -0.15) is 0 Å². The second-order valence-corrected chi connectivity index (χ2v) is 6.54. The molecule has 1 aromatic rings. The molecule has 8 heteroatoms. The van der Waals surface area contributed by atoms with E-state index in [1.165, 1.54) is 24.3 Å². The average Bonchev–Trinajstić information content (AvgIpc) is 2.72. The highest BCUT2D eigenvalue weighted by Crippen LogP contribution is 2.05. The first-order chi connectivity index (χ1) is 14.3. The van der Waals surface area contributed by atoms with Gasteiger partial charge in [0, 0.05) is 12.8 Å². The van der Waals surface area contributed by atoms with Gasteiger partial charge in [-0.1, -0.05) is 26.7 Å². The van der Waals surface area contributed by atoms with Crippen LogP contribution in [0.5, 0.6) is 0 Å². The lowest BCUT2D eigenvalue weighted by Gasteiger charge is -2.04. The lowest BCUT2D eigenvalue weighted by atomic mass is 10.1. The number of hydrogen-bond acceptors (Lipinski definition) is 6. The van der Waals surface area contributed by atoms with Gasteiger partial charge in [0.25, 0.3) is 0 Å². The van der Waals surface area contributed by atoms with Crippen LogP contribution in [0.2, 0.25) is 0 Å². The van der Waals surface area contributed by atoms with Crippen LogP contribution in [0.25, 0.3) is 0 Å². The van der Waals surface area contributed by atoms with E-state index in [1.54, 1.807) is 0 Å². The Hall–Kier alpha value is -2.90. The molecule has 1 rings (SSSR count). The van der Waals surface area contributed by atoms with Crippen molar-refractivity contribution in [3.8, 4) is 0 Å². The molecule has 0 unspecified atom stereocenters. The molecular formula is C22H32O8. The van der Waals surface area contributed by atoms with E-state index in [9.17, 15) is 19.2 Å². The van der Waals surface area contributed by atoms with E-state index in [1.807, 2.05) is 0 Å². The summed E-state index contributed by atoms with van der Waals surface area (Å²) >= 11 is 0. The fraction of sp³-hybridized carbons (Fsp3) is 0.545. The van der Waals surface area contributed by atoms with E-state index in [0.29, 0.717) is 38.9 Å². The average molecular weight is 424 g/mol. The van der Waals surface area contributed by atoms with Crippen molar-refractivity contribution < 1.29 is 38.9 Å². The summed E-state index contributed by atoms with van der Waals surface area (Å²) in [7, 11) is 0. The maximum atomic E-state index is 11.2. The summed E-state index contributed by atoms with van der Waals surface area (Å²) < 4.78 is 10.0. The van der Waals surface area contributed by atoms with Crippen LogP contribution in [-0.4, -0.2) is 47.3 Å². The summed E-state index contributed by atoms with van der Waals surface area (Å²) in [4.78, 5) is 43.1. The van der Waals surface area contributed by atoms with Gasteiger partial charge in [-0.05, 0) is 49.9 Å². The predicted octanol–water partition coefficient (Wildman–Crippen LogP) is 4.32. The third-order valence-corrected chi connectivity index (χ3v) is 3.91. The molecule has 0 saturated carbocycles. The monoisotopic (exact) mass is 424 g/mol. The van der Waals surface area contributed by atoms with Gasteiger partial charge < -0.3 is 19.7 Å². The van der Waals surface area contributed by atoms with E-state index in [4.69, 9.17) is 19.7 Å². The number of hydrogen-bond donors (Lipinski definition) is 2. The fourth-order valence-electron chi connectivity index (χ4n) is 2.10. The summed E-state index contributed by atoms with van der Waals surface area (Å²) in [6, 6.07) is 5.02. The second kappa shape index (κ2) is 17.0. The topological polar surface area (TPSA) is 127 Å². The molecule has 2 N–H and O–H groups in total. The molecule has 0 spiro atoms. The van der Waals surface area contributed by atoms with Crippen molar-refractivity contribution in [2.75, 3.05) is 13.2 Å². The zero-order chi connectivity index (χ0) is 22.8. The van der Waals surface area contributed by atoms with Crippen LogP contribution >= 0.6 is 0 Å². The van der Waals surface area contributed by atoms with E-state index in [2.05, 4.69) is 13.8 Å². The number of aromatic carboxylic acids is 2. The lowest BCUT2D eigenvalue weighted by molar-refractivity contribution is -0.146. The Morgan fingerprint density at radius 1 is 0.667 bits per heavy atom. The Balaban J connectivity index is 0.000000604. The first-order valence-corrected chi connectivity index (χ1v) is 10.2. The van der Waals surface area contributed by atoms with Crippen LogP contribution in [-0.2, 0) is 19.1 Å². The van der Waals surface area contributed by atoms with Gasteiger partial charge in [0.2, 0.25) is 0 Å². The number of carbonyl (C=O) groups is 4. The van der Waals surface area contributed by atoms with Crippen LogP contribution in [0, 0.1) is 0 Å². The minimum atomic E-state index is -1.06. The molecule has 0 bridgehead atoms. The van der Waals surface area contributed by atoms with Gasteiger partial charge in [0.1, 0.15) is 0 Å². The number of carbonyl (C=O) groups excluding carboxylic acids is 2. The quantitative estimate of drug-likeness (QED) is 0.354. The first kappa shape index (κ1) is 27.1. The van der Waals surface area contributed by atoms with Crippen LogP contribution < -0.4 is 0 Å². The van der Waals surface area contributed by atoms with Gasteiger partial charge in [-0.3, -0.25) is 9.59 Å². The number of unbranched alkanes of at least 4 members (excludes halogenated alkanes) is 3. The molecule has 1 aromatic carbocycles. The molecule has 0 aliphatic carbocycles. The van der Waals surface area contributed by atoms with Gasteiger partial charge >= 0.3 is 23.9 Å². The van der Waals surface area contributed by atoms with Crippen molar-refractivity contribution >= 4 is 23.9 Å². The standard InChI is InChI=1S/C14H26O4.C8H6O4/c1-3-5-11-17-13(15)9-7-8-10-14(16)18-12-6-4-2;9-7(10)5-1-2-6(4-3-5)8(11)12/h3-12H2,1-2H3;1-4H,(H,9,10)(H,11,12). The normalized spacial score (nSPS) is 9.80. The van der Waals surface area contributed by atoms with Crippen molar-refractivity contribution in [1.29, 1.82) is 0 Å². The number of ether oxygens (including phenoxy) is 2. The highest BCUT2D eigenvalue weighted by Gasteiger charge is 2.06. The Morgan fingerprint density at radius 2 is 1.00 bits per heavy atom. The van der Waals surface area contributed by atoms with Crippen molar-refractivity contribution in [2.45, 2.75) is 65.2 Å². The third-order valence-electron chi connectivity index (χ3n) is 3.91. The Bertz CT molecular complexity index is 595. The maximum Gasteiger partial charge on any atom is 0.335 e. The Morgan fingerprint density at radius 3 is 1.27 bits per heavy atom. The molecule has 0 aliphatic rings. The molecule has 0 heterocycles. The van der Waals surface area contributed by atoms with E-state index in [0.717, 1.165) is 25.7 Å². The lowest BCUT2D eigenvalue weighted by Crippen LogP contribution is -2.07. The predicted molar refractivity (Wildman–Crippen MR) is 111 cm³/mol. The second-order valence-electron chi connectivity index (χ2n) is 6.54. The number of benzene rings is 1. The van der Waals surface area contributed by atoms with E-state index >= 15 is 0 Å². The molecule has 0 amide bonds. The highest BCUT2D eigenvalue weighted by atomic mass is 16.5. The van der Waals surface area contributed by atoms with Crippen molar-refractivity contribution in [2.24, 2.45) is 0 Å². The number of esters is 2. The zero-order valence-corrected chi connectivity index (χ0v) is 17.7. The third kappa shape index (κ3) is 14.1. The molecule has 8 nitrogen and oxygen atoms in total. The molecule has 0 fully saturated rings. The van der Waals surface area contributed by atoms with Gasteiger partial charge in [-0.15, -0.1) is 0 Å². The summed E-state index contributed by atoms with van der Waals surface area (Å²) in [6.07, 6.45) is 6.04. The number of carboxylic acids is 2. The van der Waals surface area contributed by atoms with Crippen LogP contribution in [0.15, 0.2) is 24.3 Å². The molecular weight excluding hydrogens is 392 g/mol. The molecule has 30 heavy (non-hydrogen) atoms. The number of rotatable bonds is 13. The van der Waals surface area contributed by atoms with Crippen LogP contribution in [0.3, 0.4) is 0 Å². The SMILES string of the molecule is CCCCOC(=O)CCCCC(=O)OCCCC.O=C(O)c1ccc(C(=O)O)cc1. The van der Waals surface area contributed by atoms with Crippen molar-refractivity contribution in [3.63, 3.8) is 0 Å². The van der Waals surface area contributed by atoms with Gasteiger partial charge in [0.15, 0.2) is 0 Å². The summed E-state index contributed by atoms with van der Waals surface area (Å²) in [5.74, 6) is -2.45. The van der Waals surface area contributed by atoms with Crippen molar-refractivity contribution in [3.05, 3.63) is 35.4 Å².